The predicted molar refractivity (Wildman–Crippen MR) is 95.8 cm³/mol. The summed E-state index contributed by atoms with van der Waals surface area (Å²) in [6.07, 6.45) is 1.49. The molecule has 0 saturated carbocycles. The van der Waals surface area contributed by atoms with Crippen molar-refractivity contribution in [2.24, 2.45) is 5.84 Å². The van der Waals surface area contributed by atoms with Gasteiger partial charge in [-0.3, -0.25) is 0 Å². The van der Waals surface area contributed by atoms with Crippen LogP contribution in [0.2, 0.25) is 0 Å². The molecule has 0 aromatic heterocycles. The SMILES string of the molecule is CCC/C(B1OC(C)(C)C(C)(C)O1)=C(/C(=O)OCC)N(N)C(C)C. The number of rotatable bonds is 7. The number of nitrogens with two attached hydrogens (primary N) is 1. The molecule has 0 spiro atoms. The Labute approximate surface area is 146 Å². The molecule has 1 rings (SSSR count). The lowest BCUT2D eigenvalue weighted by molar-refractivity contribution is -0.140. The average molecular weight is 340 g/mol. The molecule has 2 N–H and O–H groups in total. The molecule has 0 aromatic carbocycles. The Morgan fingerprint density at radius 3 is 2.04 bits per heavy atom. The van der Waals surface area contributed by atoms with Crippen molar-refractivity contribution in [3.8, 4) is 0 Å². The standard InChI is InChI=1S/C17H33BN2O4/c1-9-11-13(18-23-16(5,6)17(7,8)24-18)14(15(21)22-10-2)20(19)12(3)4/h12H,9-11,19H2,1-8H3/b14-13+. The second-order valence-electron chi connectivity index (χ2n) is 7.43. The lowest BCUT2D eigenvalue weighted by Crippen LogP contribution is -2.43. The molecule has 0 amide bonds. The topological polar surface area (TPSA) is 74.0 Å². The van der Waals surface area contributed by atoms with Crippen molar-refractivity contribution in [1.82, 2.24) is 5.01 Å². The summed E-state index contributed by atoms with van der Waals surface area (Å²) in [4.78, 5) is 12.6. The van der Waals surface area contributed by atoms with Gasteiger partial charge < -0.3 is 19.1 Å². The van der Waals surface area contributed by atoms with E-state index in [1.54, 1.807) is 6.92 Å². The van der Waals surface area contributed by atoms with Gasteiger partial charge in [-0.05, 0) is 60.4 Å². The maximum atomic E-state index is 12.6. The number of hydrogen-bond acceptors (Lipinski definition) is 6. The van der Waals surface area contributed by atoms with Gasteiger partial charge in [0.2, 0.25) is 0 Å². The minimum Gasteiger partial charge on any atom is -0.461 e. The number of ether oxygens (including phenoxy) is 1. The summed E-state index contributed by atoms with van der Waals surface area (Å²) in [6, 6.07) is -0.0568. The maximum absolute atomic E-state index is 12.6. The van der Waals surface area contributed by atoms with Crippen molar-refractivity contribution >= 4 is 13.1 Å². The number of hydrazine groups is 1. The smallest absolute Gasteiger partial charge is 0.461 e. The molecule has 7 heteroatoms. The molecule has 138 valence electrons. The van der Waals surface area contributed by atoms with Gasteiger partial charge in [0.15, 0.2) is 0 Å². The summed E-state index contributed by atoms with van der Waals surface area (Å²) in [5.74, 6) is 5.75. The first-order chi connectivity index (χ1) is 11.0. The molecule has 0 unspecified atom stereocenters. The van der Waals surface area contributed by atoms with Gasteiger partial charge in [-0.1, -0.05) is 13.3 Å². The van der Waals surface area contributed by atoms with Crippen molar-refractivity contribution < 1.29 is 18.8 Å². The Balaban J connectivity index is 3.38. The van der Waals surface area contributed by atoms with E-state index in [9.17, 15) is 4.79 Å². The minimum absolute atomic E-state index is 0.0568. The summed E-state index contributed by atoms with van der Waals surface area (Å²) in [5.41, 5.74) is 0.125. The molecule has 1 aliphatic heterocycles. The molecule has 0 aliphatic carbocycles. The van der Waals surface area contributed by atoms with E-state index < -0.39 is 24.3 Å². The Hall–Kier alpha value is -1.05. The van der Waals surface area contributed by atoms with Crippen LogP contribution in [0, 0.1) is 0 Å². The lowest BCUT2D eigenvalue weighted by atomic mass is 9.74. The summed E-state index contributed by atoms with van der Waals surface area (Å²) in [6.45, 7) is 15.9. The maximum Gasteiger partial charge on any atom is 0.493 e. The van der Waals surface area contributed by atoms with E-state index in [2.05, 4.69) is 0 Å². The van der Waals surface area contributed by atoms with Crippen LogP contribution in [0.4, 0.5) is 0 Å². The van der Waals surface area contributed by atoms with Gasteiger partial charge in [-0.25, -0.2) is 10.6 Å². The normalized spacial score (nSPS) is 20.2. The number of carbonyl (C=O) groups excluding carboxylic acids is 1. The van der Waals surface area contributed by atoms with E-state index in [0.717, 1.165) is 11.9 Å². The number of allylic oxidation sites excluding steroid dienone is 1. The van der Waals surface area contributed by atoms with E-state index in [0.29, 0.717) is 12.1 Å². The van der Waals surface area contributed by atoms with Gasteiger partial charge in [-0.15, -0.1) is 0 Å². The Kier molecular flexibility index (Phi) is 6.90. The third-order valence-electron chi connectivity index (χ3n) is 4.64. The molecular formula is C17H33BN2O4. The Morgan fingerprint density at radius 1 is 1.17 bits per heavy atom. The Morgan fingerprint density at radius 2 is 1.67 bits per heavy atom. The van der Waals surface area contributed by atoms with Gasteiger partial charge in [0.05, 0.1) is 17.8 Å². The molecule has 0 atom stereocenters. The summed E-state index contributed by atoms with van der Waals surface area (Å²) >= 11 is 0. The van der Waals surface area contributed by atoms with Crippen LogP contribution in [-0.4, -0.2) is 41.9 Å². The molecular weight excluding hydrogens is 307 g/mol. The minimum atomic E-state index is -0.612. The van der Waals surface area contributed by atoms with E-state index in [4.69, 9.17) is 19.9 Å². The largest absolute Gasteiger partial charge is 0.493 e. The molecule has 1 aliphatic rings. The third kappa shape index (κ3) is 4.32. The van der Waals surface area contributed by atoms with Crippen LogP contribution >= 0.6 is 0 Å². The highest BCUT2D eigenvalue weighted by Gasteiger charge is 2.53. The third-order valence-corrected chi connectivity index (χ3v) is 4.64. The van der Waals surface area contributed by atoms with E-state index in [1.165, 1.54) is 5.01 Å². The molecule has 24 heavy (non-hydrogen) atoms. The lowest BCUT2D eigenvalue weighted by Gasteiger charge is -2.32. The van der Waals surface area contributed by atoms with Gasteiger partial charge >= 0.3 is 13.1 Å². The highest BCUT2D eigenvalue weighted by molar-refractivity contribution is 6.55. The van der Waals surface area contributed by atoms with Crippen molar-refractivity contribution in [3.63, 3.8) is 0 Å². The van der Waals surface area contributed by atoms with Gasteiger partial charge in [-0.2, -0.15) is 0 Å². The summed E-state index contributed by atoms with van der Waals surface area (Å²) in [5, 5.41) is 1.45. The second kappa shape index (κ2) is 7.89. The fourth-order valence-electron chi connectivity index (χ4n) is 2.46. The van der Waals surface area contributed by atoms with E-state index >= 15 is 0 Å². The van der Waals surface area contributed by atoms with Crippen molar-refractivity contribution in [2.75, 3.05) is 6.61 Å². The van der Waals surface area contributed by atoms with Crippen LogP contribution in [0.5, 0.6) is 0 Å². The van der Waals surface area contributed by atoms with Gasteiger partial charge in [0.1, 0.15) is 5.70 Å². The molecule has 0 radical (unpaired) electrons. The van der Waals surface area contributed by atoms with Crippen LogP contribution < -0.4 is 5.84 Å². The molecule has 6 nitrogen and oxygen atoms in total. The first-order valence-electron chi connectivity index (χ1n) is 8.78. The van der Waals surface area contributed by atoms with Crippen molar-refractivity contribution in [1.29, 1.82) is 0 Å². The number of nitrogens with zero attached hydrogens (tertiary/aromatic N) is 1. The first-order valence-corrected chi connectivity index (χ1v) is 8.78. The van der Waals surface area contributed by atoms with Crippen LogP contribution in [0.1, 0.15) is 68.2 Å². The van der Waals surface area contributed by atoms with Gasteiger partial charge in [0.25, 0.3) is 0 Å². The highest BCUT2D eigenvalue weighted by atomic mass is 16.7. The van der Waals surface area contributed by atoms with Crippen LogP contribution in [0.25, 0.3) is 0 Å². The number of hydrogen-bond donors (Lipinski definition) is 1. The summed E-state index contributed by atoms with van der Waals surface area (Å²) in [7, 11) is -0.612. The average Bonchev–Trinajstić information content (AvgIpc) is 2.66. The fourth-order valence-corrected chi connectivity index (χ4v) is 2.46. The zero-order valence-corrected chi connectivity index (χ0v) is 16.4. The quantitative estimate of drug-likeness (QED) is 0.253. The van der Waals surface area contributed by atoms with Crippen molar-refractivity contribution in [3.05, 3.63) is 11.2 Å². The van der Waals surface area contributed by atoms with Crippen LogP contribution in [0.15, 0.2) is 11.2 Å². The molecule has 1 saturated heterocycles. The van der Waals surface area contributed by atoms with Crippen LogP contribution in [-0.2, 0) is 18.8 Å². The van der Waals surface area contributed by atoms with Crippen molar-refractivity contribution in [2.45, 2.75) is 85.5 Å². The zero-order valence-electron chi connectivity index (χ0n) is 16.4. The van der Waals surface area contributed by atoms with Crippen LogP contribution in [0.3, 0.4) is 0 Å². The number of esters is 1. The molecule has 1 fully saturated rings. The number of carbonyl (C=O) groups is 1. The zero-order chi connectivity index (χ0) is 18.7. The molecule has 0 bridgehead atoms. The second-order valence-corrected chi connectivity index (χ2v) is 7.43. The van der Waals surface area contributed by atoms with E-state index in [1.807, 2.05) is 48.5 Å². The first kappa shape index (κ1) is 21.0. The molecule has 1 heterocycles. The summed E-state index contributed by atoms with van der Waals surface area (Å²) < 4.78 is 17.5. The predicted octanol–water partition coefficient (Wildman–Crippen LogP) is 2.82. The highest BCUT2D eigenvalue weighted by Crippen LogP contribution is 2.40. The monoisotopic (exact) mass is 340 g/mol. The van der Waals surface area contributed by atoms with Gasteiger partial charge in [0, 0.05) is 6.04 Å². The van der Waals surface area contributed by atoms with E-state index in [-0.39, 0.29) is 12.6 Å². The fraction of sp³-hybridized carbons (Fsp3) is 0.824. The Bertz CT molecular complexity index is 473. The molecule has 0 aromatic rings.